The molecule has 2 aromatic rings. The van der Waals surface area contributed by atoms with Crippen LogP contribution in [0.4, 0.5) is 5.69 Å². The number of hydrogen-bond acceptors (Lipinski definition) is 5. The Morgan fingerprint density at radius 3 is 3.05 bits per heavy atom. The van der Waals surface area contributed by atoms with Gasteiger partial charge in [-0.25, -0.2) is 0 Å². The van der Waals surface area contributed by atoms with E-state index in [9.17, 15) is 4.79 Å². The number of rotatable bonds is 3. The van der Waals surface area contributed by atoms with E-state index in [4.69, 9.17) is 10.2 Å². The summed E-state index contributed by atoms with van der Waals surface area (Å²) in [6.45, 7) is 2.07. The number of carbonyl (C=O) groups is 1. The molecule has 1 aromatic carbocycles. The number of anilines is 1. The summed E-state index contributed by atoms with van der Waals surface area (Å²) in [6.07, 6.45) is 3.81. The number of nitrogens with one attached hydrogen (secondary N) is 1. The molecule has 3 rings (SSSR count). The van der Waals surface area contributed by atoms with Crippen LogP contribution in [-0.4, -0.2) is 16.8 Å². The third-order valence-electron chi connectivity index (χ3n) is 3.72. The second kappa shape index (κ2) is 5.88. The third-order valence-corrected chi connectivity index (χ3v) is 4.52. The average Bonchev–Trinajstić information content (AvgIpc) is 3.01. The fraction of sp³-hybridized carbons (Fsp3) is 0.250. The molecule has 3 N–H and O–H groups in total. The molecule has 0 bridgehead atoms. The molecule has 114 valence electrons. The van der Waals surface area contributed by atoms with Crippen molar-refractivity contribution in [1.29, 1.82) is 0 Å². The van der Waals surface area contributed by atoms with Gasteiger partial charge in [0, 0.05) is 11.4 Å². The zero-order valence-corrected chi connectivity index (χ0v) is 13.0. The monoisotopic (exact) mass is 315 g/mol. The van der Waals surface area contributed by atoms with Gasteiger partial charge < -0.3 is 15.5 Å². The Bertz CT molecular complexity index is 712. The maximum Gasteiger partial charge on any atom is 0.258 e. The molecule has 1 aromatic heterocycles. The summed E-state index contributed by atoms with van der Waals surface area (Å²) in [5.74, 6) is 0.746. The molecule has 0 saturated heterocycles. The minimum atomic E-state index is -0.342. The topological polar surface area (TPSA) is 80.6 Å². The lowest BCUT2D eigenvalue weighted by atomic mass is 9.89. The summed E-state index contributed by atoms with van der Waals surface area (Å²) in [5, 5.41) is 3.48. The molecule has 0 fully saturated rings. The summed E-state index contributed by atoms with van der Waals surface area (Å²) in [7, 11) is 0. The summed E-state index contributed by atoms with van der Waals surface area (Å²) in [5.41, 5.74) is 7.79. The molecule has 5 nitrogen and oxygen atoms in total. The van der Waals surface area contributed by atoms with Crippen LogP contribution in [0.1, 0.15) is 29.3 Å². The van der Waals surface area contributed by atoms with Crippen molar-refractivity contribution in [2.24, 2.45) is 10.7 Å². The minimum absolute atomic E-state index is 0.196. The Morgan fingerprint density at radius 1 is 1.45 bits per heavy atom. The van der Waals surface area contributed by atoms with Crippen molar-refractivity contribution < 1.29 is 9.21 Å². The van der Waals surface area contributed by atoms with E-state index in [1.165, 1.54) is 12.5 Å². The normalized spacial score (nSPS) is 21.2. The van der Waals surface area contributed by atoms with Crippen LogP contribution in [0.2, 0.25) is 0 Å². The van der Waals surface area contributed by atoms with Crippen molar-refractivity contribution in [1.82, 2.24) is 0 Å². The highest BCUT2D eigenvalue weighted by Crippen LogP contribution is 2.35. The predicted molar refractivity (Wildman–Crippen MR) is 89.2 cm³/mol. The van der Waals surface area contributed by atoms with Gasteiger partial charge in [-0.15, -0.1) is 0 Å². The standard InChI is InChI=1S/C16H17N3O2S/c1-16(6-8-22-15(17)19-16)12-3-2-4-13(9-12)18-14(20)11-5-7-21-10-11/h2-5,7,9-10H,6,8H2,1H3,(H2,17,19)(H,18,20). The second-order valence-electron chi connectivity index (χ2n) is 5.37. The number of amidine groups is 1. The number of hydrogen-bond donors (Lipinski definition) is 2. The van der Waals surface area contributed by atoms with E-state index in [2.05, 4.69) is 17.2 Å². The molecule has 1 amide bonds. The molecule has 0 radical (unpaired) electrons. The molecule has 1 aliphatic heterocycles. The van der Waals surface area contributed by atoms with Gasteiger partial charge in [0.15, 0.2) is 5.17 Å². The maximum atomic E-state index is 12.1. The fourth-order valence-electron chi connectivity index (χ4n) is 2.42. The van der Waals surface area contributed by atoms with Crippen LogP contribution >= 0.6 is 11.8 Å². The summed E-state index contributed by atoms with van der Waals surface area (Å²) < 4.78 is 4.93. The first-order valence-corrected chi connectivity index (χ1v) is 7.98. The SMILES string of the molecule is CC1(c2cccc(NC(=O)c3ccoc3)c2)CCSC(N)=N1. The summed E-state index contributed by atoms with van der Waals surface area (Å²) >= 11 is 1.58. The Kier molecular flexibility index (Phi) is 3.94. The van der Waals surface area contributed by atoms with Gasteiger partial charge in [0.25, 0.3) is 5.91 Å². The largest absolute Gasteiger partial charge is 0.472 e. The van der Waals surface area contributed by atoms with Gasteiger partial charge in [-0.05, 0) is 37.1 Å². The van der Waals surface area contributed by atoms with Crippen molar-refractivity contribution in [3.8, 4) is 0 Å². The molecule has 1 unspecified atom stereocenters. The molecular weight excluding hydrogens is 298 g/mol. The first-order valence-electron chi connectivity index (χ1n) is 6.99. The van der Waals surface area contributed by atoms with E-state index in [0.717, 1.165) is 23.4 Å². The van der Waals surface area contributed by atoms with E-state index < -0.39 is 0 Å². The Morgan fingerprint density at radius 2 is 2.32 bits per heavy atom. The van der Waals surface area contributed by atoms with E-state index in [1.54, 1.807) is 17.8 Å². The summed E-state index contributed by atoms with van der Waals surface area (Å²) in [6, 6.07) is 9.36. The van der Waals surface area contributed by atoms with Crippen molar-refractivity contribution in [3.05, 3.63) is 54.0 Å². The Balaban J connectivity index is 1.84. The fourth-order valence-corrected chi connectivity index (χ4v) is 3.40. The van der Waals surface area contributed by atoms with E-state index >= 15 is 0 Å². The lowest BCUT2D eigenvalue weighted by molar-refractivity contribution is 0.102. The minimum Gasteiger partial charge on any atom is -0.472 e. The Labute approximate surface area is 133 Å². The first kappa shape index (κ1) is 14.7. The highest BCUT2D eigenvalue weighted by molar-refractivity contribution is 8.13. The zero-order valence-electron chi connectivity index (χ0n) is 12.2. The van der Waals surface area contributed by atoms with E-state index in [-0.39, 0.29) is 11.4 Å². The van der Waals surface area contributed by atoms with Crippen molar-refractivity contribution in [2.75, 3.05) is 11.1 Å². The van der Waals surface area contributed by atoms with Crippen molar-refractivity contribution >= 4 is 28.5 Å². The van der Waals surface area contributed by atoms with Crippen LogP contribution in [0.3, 0.4) is 0 Å². The zero-order chi connectivity index (χ0) is 15.6. The third kappa shape index (κ3) is 3.01. The predicted octanol–water partition coefficient (Wildman–Crippen LogP) is 3.20. The van der Waals surface area contributed by atoms with Crippen LogP contribution in [0.25, 0.3) is 0 Å². The van der Waals surface area contributed by atoms with Gasteiger partial charge in [0.05, 0.1) is 17.4 Å². The lowest BCUT2D eigenvalue weighted by Gasteiger charge is -2.30. The van der Waals surface area contributed by atoms with Crippen molar-refractivity contribution in [2.45, 2.75) is 18.9 Å². The number of benzene rings is 1. The molecule has 1 aliphatic rings. The highest BCUT2D eigenvalue weighted by atomic mass is 32.2. The average molecular weight is 315 g/mol. The van der Waals surface area contributed by atoms with Gasteiger partial charge in [-0.3, -0.25) is 9.79 Å². The van der Waals surface area contributed by atoms with Crippen LogP contribution in [0.15, 0.2) is 52.3 Å². The molecule has 22 heavy (non-hydrogen) atoms. The van der Waals surface area contributed by atoms with Crippen LogP contribution in [-0.2, 0) is 5.54 Å². The number of aliphatic imine (C=N–C) groups is 1. The quantitative estimate of drug-likeness (QED) is 0.911. The van der Waals surface area contributed by atoms with Crippen LogP contribution in [0.5, 0.6) is 0 Å². The number of nitrogens with zero attached hydrogens (tertiary/aromatic N) is 1. The Hall–Kier alpha value is -2.21. The number of thioether (sulfide) groups is 1. The second-order valence-corrected chi connectivity index (χ2v) is 6.48. The summed E-state index contributed by atoms with van der Waals surface area (Å²) in [4.78, 5) is 16.7. The molecule has 1 atom stereocenters. The van der Waals surface area contributed by atoms with Gasteiger partial charge >= 0.3 is 0 Å². The molecule has 0 spiro atoms. The van der Waals surface area contributed by atoms with Crippen LogP contribution in [0, 0.1) is 0 Å². The molecule has 6 heteroatoms. The molecule has 0 saturated carbocycles. The van der Waals surface area contributed by atoms with Gasteiger partial charge in [0.1, 0.15) is 6.26 Å². The maximum absolute atomic E-state index is 12.1. The smallest absolute Gasteiger partial charge is 0.258 e. The first-order chi connectivity index (χ1) is 10.6. The molecule has 0 aliphatic carbocycles. The number of amides is 1. The van der Waals surface area contributed by atoms with Gasteiger partial charge in [0.2, 0.25) is 0 Å². The number of furan rings is 1. The van der Waals surface area contributed by atoms with E-state index in [0.29, 0.717) is 10.7 Å². The van der Waals surface area contributed by atoms with Gasteiger partial charge in [-0.1, -0.05) is 23.9 Å². The van der Waals surface area contributed by atoms with Gasteiger partial charge in [-0.2, -0.15) is 0 Å². The highest BCUT2D eigenvalue weighted by Gasteiger charge is 2.29. The van der Waals surface area contributed by atoms with Crippen molar-refractivity contribution in [3.63, 3.8) is 0 Å². The van der Waals surface area contributed by atoms with E-state index in [1.807, 2.05) is 24.3 Å². The number of carbonyl (C=O) groups excluding carboxylic acids is 1. The molecule has 2 heterocycles. The lowest BCUT2D eigenvalue weighted by Crippen LogP contribution is -2.28. The van der Waals surface area contributed by atoms with Crippen LogP contribution < -0.4 is 11.1 Å². The molecular formula is C16H17N3O2S. The number of nitrogens with two attached hydrogens (primary N) is 1.